The van der Waals surface area contributed by atoms with E-state index in [2.05, 4.69) is 11.8 Å². The van der Waals surface area contributed by atoms with Crippen molar-refractivity contribution in [2.75, 3.05) is 26.3 Å². The standard InChI is InChI=1S/C15H21NO2/c1-13-12-18-11-10-16(13)9-5-8-15(17)14-6-3-2-4-7-14/h2-4,6-7,13H,5,8-12H2,1H3. The number of hydrogen-bond acceptors (Lipinski definition) is 3. The van der Waals surface area contributed by atoms with Crippen molar-refractivity contribution in [2.24, 2.45) is 0 Å². The van der Waals surface area contributed by atoms with E-state index in [-0.39, 0.29) is 5.78 Å². The second-order valence-electron chi connectivity index (χ2n) is 4.85. The molecule has 0 bridgehead atoms. The molecule has 0 saturated carbocycles. The quantitative estimate of drug-likeness (QED) is 0.748. The first-order chi connectivity index (χ1) is 8.77. The Kier molecular flexibility index (Phi) is 4.90. The molecule has 0 radical (unpaired) electrons. The highest BCUT2D eigenvalue weighted by Gasteiger charge is 2.18. The molecule has 2 rings (SSSR count). The van der Waals surface area contributed by atoms with Crippen molar-refractivity contribution < 1.29 is 9.53 Å². The van der Waals surface area contributed by atoms with Gasteiger partial charge in [0.15, 0.2) is 5.78 Å². The molecule has 0 aromatic heterocycles. The molecule has 1 heterocycles. The van der Waals surface area contributed by atoms with Crippen LogP contribution in [0.5, 0.6) is 0 Å². The lowest BCUT2D eigenvalue weighted by atomic mass is 10.1. The van der Waals surface area contributed by atoms with Crippen LogP contribution in [0, 0.1) is 0 Å². The van der Waals surface area contributed by atoms with Crippen LogP contribution in [-0.2, 0) is 4.74 Å². The first-order valence-electron chi connectivity index (χ1n) is 6.67. The van der Waals surface area contributed by atoms with E-state index < -0.39 is 0 Å². The number of carbonyl (C=O) groups is 1. The van der Waals surface area contributed by atoms with Crippen LogP contribution in [0.1, 0.15) is 30.1 Å². The summed E-state index contributed by atoms with van der Waals surface area (Å²) in [5.74, 6) is 0.247. The van der Waals surface area contributed by atoms with Crippen LogP contribution in [0.3, 0.4) is 0 Å². The molecule has 1 aliphatic heterocycles. The molecule has 1 saturated heterocycles. The third kappa shape index (κ3) is 3.65. The smallest absolute Gasteiger partial charge is 0.162 e. The molecule has 0 aliphatic carbocycles. The largest absolute Gasteiger partial charge is 0.379 e. The molecule has 3 nitrogen and oxygen atoms in total. The van der Waals surface area contributed by atoms with Crippen LogP contribution < -0.4 is 0 Å². The minimum Gasteiger partial charge on any atom is -0.379 e. The van der Waals surface area contributed by atoms with Gasteiger partial charge in [-0.05, 0) is 19.9 Å². The average Bonchev–Trinajstić information content (AvgIpc) is 2.42. The van der Waals surface area contributed by atoms with Gasteiger partial charge in [0.05, 0.1) is 13.2 Å². The maximum absolute atomic E-state index is 11.9. The van der Waals surface area contributed by atoms with E-state index >= 15 is 0 Å². The van der Waals surface area contributed by atoms with Gasteiger partial charge in [0.25, 0.3) is 0 Å². The third-order valence-corrected chi connectivity index (χ3v) is 3.45. The maximum Gasteiger partial charge on any atom is 0.162 e. The highest BCUT2D eigenvalue weighted by molar-refractivity contribution is 5.95. The summed E-state index contributed by atoms with van der Waals surface area (Å²) in [6.45, 7) is 5.78. The van der Waals surface area contributed by atoms with E-state index in [9.17, 15) is 4.79 Å². The number of benzene rings is 1. The van der Waals surface area contributed by atoms with Gasteiger partial charge in [0, 0.05) is 24.6 Å². The fourth-order valence-electron chi connectivity index (χ4n) is 2.30. The number of Topliss-reactive ketones (excluding diaryl/α,β-unsaturated/α-hetero) is 1. The summed E-state index contributed by atoms with van der Waals surface area (Å²) in [7, 11) is 0. The molecule has 1 aliphatic rings. The molecule has 1 aromatic carbocycles. The van der Waals surface area contributed by atoms with E-state index in [4.69, 9.17) is 4.74 Å². The second kappa shape index (κ2) is 6.66. The van der Waals surface area contributed by atoms with E-state index in [0.717, 1.165) is 38.3 Å². The Labute approximate surface area is 109 Å². The average molecular weight is 247 g/mol. The van der Waals surface area contributed by atoms with Gasteiger partial charge in [-0.15, -0.1) is 0 Å². The summed E-state index contributed by atoms with van der Waals surface area (Å²) in [5, 5.41) is 0. The summed E-state index contributed by atoms with van der Waals surface area (Å²) in [4.78, 5) is 14.3. The molecule has 0 amide bonds. The summed E-state index contributed by atoms with van der Waals surface area (Å²) in [6.07, 6.45) is 1.56. The van der Waals surface area contributed by atoms with Gasteiger partial charge in [-0.25, -0.2) is 0 Å². The Hall–Kier alpha value is -1.19. The van der Waals surface area contributed by atoms with Gasteiger partial charge in [0.1, 0.15) is 0 Å². The highest BCUT2D eigenvalue weighted by Crippen LogP contribution is 2.10. The number of morpholine rings is 1. The first-order valence-corrected chi connectivity index (χ1v) is 6.67. The molecule has 1 atom stereocenters. The Morgan fingerprint density at radius 3 is 2.89 bits per heavy atom. The van der Waals surface area contributed by atoms with E-state index in [0.29, 0.717) is 12.5 Å². The molecule has 18 heavy (non-hydrogen) atoms. The number of hydrogen-bond donors (Lipinski definition) is 0. The van der Waals surface area contributed by atoms with Crippen molar-refractivity contribution in [3.63, 3.8) is 0 Å². The number of carbonyl (C=O) groups excluding carboxylic acids is 1. The van der Waals surface area contributed by atoms with Gasteiger partial charge in [-0.3, -0.25) is 9.69 Å². The minimum atomic E-state index is 0.247. The fourth-order valence-corrected chi connectivity index (χ4v) is 2.30. The summed E-state index contributed by atoms with van der Waals surface area (Å²) < 4.78 is 5.40. The lowest BCUT2D eigenvalue weighted by molar-refractivity contribution is -0.000722. The van der Waals surface area contributed by atoms with Crippen molar-refractivity contribution in [1.82, 2.24) is 4.90 Å². The third-order valence-electron chi connectivity index (χ3n) is 3.45. The zero-order valence-electron chi connectivity index (χ0n) is 11.0. The van der Waals surface area contributed by atoms with Gasteiger partial charge in [-0.1, -0.05) is 30.3 Å². The first kappa shape index (κ1) is 13.2. The van der Waals surface area contributed by atoms with Gasteiger partial charge in [0.2, 0.25) is 0 Å². The summed E-state index contributed by atoms with van der Waals surface area (Å²) in [6, 6.07) is 10.0. The van der Waals surface area contributed by atoms with Gasteiger partial charge >= 0.3 is 0 Å². The molecule has 3 heteroatoms. The topological polar surface area (TPSA) is 29.5 Å². The minimum absolute atomic E-state index is 0.247. The maximum atomic E-state index is 11.9. The van der Waals surface area contributed by atoms with E-state index in [1.54, 1.807) is 0 Å². The van der Waals surface area contributed by atoms with Crippen molar-refractivity contribution in [3.8, 4) is 0 Å². The summed E-state index contributed by atoms with van der Waals surface area (Å²) in [5.41, 5.74) is 0.826. The van der Waals surface area contributed by atoms with Crippen LogP contribution >= 0.6 is 0 Å². The molecule has 1 aromatic rings. The lowest BCUT2D eigenvalue weighted by Gasteiger charge is -2.33. The number of nitrogens with zero attached hydrogens (tertiary/aromatic N) is 1. The molecule has 1 unspecified atom stereocenters. The number of rotatable bonds is 5. The Bertz CT molecular complexity index is 377. The molecule has 98 valence electrons. The van der Waals surface area contributed by atoms with Crippen molar-refractivity contribution in [2.45, 2.75) is 25.8 Å². The van der Waals surface area contributed by atoms with Crippen LogP contribution in [0.25, 0.3) is 0 Å². The Balaban J connectivity index is 1.73. The van der Waals surface area contributed by atoms with Crippen LogP contribution in [0.4, 0.5) is 0 Å². The zero-order valence-corrected chi connectivity index (χ0v) is 11.0. The molecular formula is C15H21NO2. The van der Waals surface area contributed by atoms with Crippen molar-refractivity contribution >= 4 is 5.78 Å². The number of ether oxygens (including phenoxy) is 1. The monoisotopic (exact) mass is 247 g/mol. The zero-order chi connectivity index (χ0) is 12.8. The van der Waals surface area contributed by atoms with Gasteiger partial charge < -0.3 is 4.74 Å². The fraction of sp³-hybridized carbons (Fsp3) is 0.533. The second-order valence-corrected chi connectivity index (χ2v) is 4.85. The molecule has 0 spiro atoms. The van der Waals surface area contributed by atoms with Crippen molar-refractivity contribution in [3.05, 3.63) is 35.9 Å². The van der Waals surface area contributed by atoms with Crippen molar-refractivity contribution in [1.29, 1.82) is 0 Å². The van der Waals surface area contributed by atoms with E-state index in [1.165, 1.54) is 0 Å². The molecule has 0 N–H and O–H groups in total. The highest BCUT2D eigenvalue weighted by atomic mass is 16.5. The normalized spacial score (nSPS) is 20.8. The SMILES string of the molecule is CC1COCCN1CCCC(=O)c1ccccc1. The molecule has 1 fully saturated rings. The van der Waals surface area contributed by atoms with Gasteiger partial charge in [-0.2, -0.15) is 0 Å². The van der Waals surface area contributed by atoms with Crippen LogP contribution in [0.2, 0.25) is 0 Å². The van der Waals surface area contributed by atoms with Crippen LogP contribution in [0.15, 0.2) is 30.3 Å². The Morgan fingerprint density at radius 2 is 2.17 bits per heavy atom. The predicted molar refractivity (Wildman–Crippen MR) is 71.9 cm³/mol. The molecular weight excluding hydrogens is 226 g/mol. The number of ketones is 1. The van der Waals surface area contributed by atoms with E-state index in [1.807, 2.05) is 30.3 Å². The predicted octanol–water partition coefficient (Wildman–Crippen LogP) is 2.37. The Morgan fingerprint density at radius 1 is 1.39 bits per heavy atom. The van der Waals surface area contributed by atoms with Crippen LogP contribution in [-0.4, -0.2) is 43.0 Å². The summed E-state index contributed by atoms with van der Waals surface area (Å²) >= 11 is 0. The lowest BCUT2D eigenvalue weighted by Crippen LogP contribution is -2.44.